The molecule has 0 bridgehead atoms. The van der Waals surface area contributed by atoms with Crippen LogP contribution in [0.1, 0.15) is 44.1 Å². The number of para-hydroxylation sites is 1. The van der Waals surface area contributed by atoms with Crippen LogP contribution in [0.2, 0.25) is 0 Å². The summed E-state index contributed by atoms with van der Waals surface area (Å²) >= 11 is 5.73. The fourth-order valence-electron chi connectivity index (χ4n) is 4.02. The zero-order valence-electron chi connectivity index (χ0n) is 18.7. The summed E-state index contributed by atoms with van der Waals surface area (Å²) in [5.74, 6) is -0.376. The lowest BCUT2D eigenvalue weighted by Crippen LogP contribution is -2.44. The number of benzene rings is 1. The number of aliphatic imine (C=N–C) groups is 1. The van der Waals surface area contributed by atoms with Gasteiger partial charge in [-0.25, -0.2) is 4.79 Å². The van der Waals surface area contributed by atoms with Crippen molar-refractivity contribution >= 4 is 29.2 Å². The van der Waals surface area contributed by atoms with Crippen LogP contribution in [0.5, 0.6) is 5.88 Å². The van der Waals surface area contributed by atoms with E-state index in [1.165, 1.54) is 39.6 Å². The second-order valence-corrected chi connectivity index (χ2v) is 8.50. The standard InChI is InChI=1S/C23H31N5O3S/c1-26-20(29)19(21(30)27(2)23(26)31)16-24-14-9-15-28(18-12-7-4-8-13-18)22(32)25-17-10-5-3-6-11-17/h3,5-6,10-11,16,18,29H,4,7-9,12-15H2,1-2H3,(H,25,32). The van der Waals surface area contributed by atoms with Crippen LogP contribution in [0, 0.1) is 0 Å². The molecule has 3 rings (SSSR count). The zero-order chi connectivity index (χ0) is 23.1. The number of aromatic nitrogens is 2. The van der Waals surface area contributed by atoms with Crippen molar-refractivity contribution < 1.29 is 5.11 Å². The van der Waals surface area contributed by atoms with Crippen molar-refractivity contribution in [3.8, 4) is 5.88 Å². The average Bonchev–Trinajstić information content (AvgIpc) is 2.81. The fourth-order valence-corrected chi connectivity index (χ4v) is 4.38. The molecular weight excluding hydrogens is 426 g/mol. The van der Waals surface area contributed by atoms with E-state index in [4.69, 9.17) is 12.2 Å². The Hall–Kier alpha value is -2.94. The second-order valence-electron chi connectivity index (χ2n) is 8.11. The van der Waals surface area contributed by atoms with Gasteiger partial charge in [0.1, 0.15) is 5.56 Å². The third-order valence-electron chi connectivity index (χ3n) is 5.88. The Bertz CT molecular complexity index is 1070. The summed E-state index contributed by atoms with van der Waals surface area (Å²) < 4.78 is 1.99. The lowest BCUT2D eigenvalue weighted by atomic mass is 9.94. The topological polar surface area (TPSA) is 91.9 Å². The number of thiocarbonyl (C=S) groups is 1. The maximum Gasteiger partial charge on any atom is 0.333 e. The number of hydrogen-bond donors (Lipinski definition) is 2. The van der Waals surface area contributed by atoms with Crippen molar-refractivity contribution in [2.24, 2.45) is 19.1 Å². The fraction of sp³-hybridized carbons (Fsp3) is 0.478. The van der Waals surface area contributed by atoms with E-state index in [2.05, 4.69) is 15.2 Å². The minimum atomic E-state index is -0.577. The van der Waals surface area contributed by atoms with Gasteiger partial charge in [0.2, 0.25) is 5.88 Å². The van der Waals surface area contributed by atoms with E-state index in [1.807, 2.05) is 30.3 Å². The van der Waals surface area contributed by atoms with Crippen LogP contribution in [0.4, 0.5) is 5.69 Å². The Morgan fingerprint density at radius 2 is 1.88 bits per heavy atom. The first kappa shape index (κ1) is 23.7. The molecule has 8 nitrogen and oxygen atoms in total. The first-order valence-corrected chi connectivity index (χ1v) is 11.4. The Morgan fingerprint density at radius 1 is 1.19 bits per heavy atom. The van der Waals surface area contributed by atoms with Crippen LogP contribution in [0.15, 0.2) is 44.9 Å². The predicted molar refractivity (Wildman–Crippen MR) is 132 cm³/mol. The summed E-state index contributed by atoms with van der Waals surface area (Å²) in [5.41, 5.74) is -0.157. The molecule has 0 aliphatic heterocycles. The molecule has 0 saturated heterocycles. The molecule has 2 aromatic rings. The van der Waals surface area contributed by atoms with Gasteiger partial charge in [-0.1, -0.05) is 37.5 Å². The molecule has 0 spiro atoms. The van der Waals surface area contributed by atoms with Crippen LogP contribution in [0.3, 0.4) is 0 Å². The molecule has 0 amide bonds. The minimum absolute atomic E-state index is 0.0139. The van der Waals surface area contributed by atoms with E-state index < -0.39 is 11.2 Å². The van der Waals surface area contributed by atoms with Gasteiger partial charge in [0.15, 0.2) is 5.11 Å². The molecule has 2 N–H and O–H groups in total. The first-order valence-electron chi connectivity index (χ1n) is 11.0. The van der Waals surface area contributed by atoms with Crippen molar-refractivity contribution in [1.82, 2.24) is 14.0 Å². The smallest absolute Gasteiger partial charge is 0.333 e. The van der Waals surface area contributed by atoms with Crippen molar-refractivity contribution in [2.45, 2.75) is 44.6 Å². The van der Waals surface area contributed by atoms with Gasteiger partial charge in [-0.05, 0) is 43.6 Å². The summed E-state index contributed by atoms with van der Waals surface area (Å²) in [5, 5.41) is 14.2. The van der Waals surface area contributed by atoms with Gasteiger partial charge in [-0.2, -0.15) is 0 Å². The molecule has 1 aromatic heterocycles. The molecule has 1 aliphatic rings. The van der Waals surface area contributed by atoms with Gasteiger partial charge >= 0.3 is 5.69 Å². The van der Waals surface area contributed by atoms with Gasteiger partial charge in [0.25, 0.3) is 5.56 Å². The number of aromatic hydroxyl groups is 1. The lowest BCUT2D eigenvalue weighted by Gasteiger charge is -2.36. The van der Waals surface area contributed by atoms with Gasteiger partial charge in [-0.15, -0.1) is 0 Å². The summed E-state index contributed by atoms with van der Waals surface area (Å²) in [6.45, 7) is 1.22. The van der Waals surface area contributed by atoms with E-state index >= 15 is 0 Å². The average molecular weight is 458 g/mol. The largest absolute Gasteiger partial charge is 0.494 e. The van der Waals surface area contributed by atoms with Crippen LogP contribution >= 0.6 is 12.2 Å². The molecular formula is C23H31N5O3S. The highest BCUT2D eigenvalue weighted by molar-refractivity contribution is 7.80. The number of hydrogen-bond acceptors (Lipinski definition) is 5. The number of rotatable bonds is 7. The van der Waals surface area contributed by atoms with Crippen LogP contribution in [0.25, 0.3) is 0 Å². The molecule has 0 unspecified atom stereocenters. The minimum Gasteiger partial charge on any atom is -0.494 e. The zero-order valence-corrected chi connectivity index (χ0v) is 19.5. The van der Waals surface area contributed by atoms with E-state index in [0.29, 0.717) is 12.6 Å². The van der Waals surface area contributed by atoms with Crippen LogP contribution in [-0.2, 0) is 14.1 Å². The van der Waals surface area contributed by atoms with E-state index in [9.17, 15) is 14.7 Å². The van der Waals surface area contributed by atoms with Gasteiger partial charge in [0, 0.05) is 45.1 Å². The predicted octanol–water partition coefficient (Wildman–Crippen LogP) is 2.63. The van der Waals surface area contributed by atoms with Crippen molar-refractivity contribution in [1.29, 1.82) is 0 Å². The Balaban J connectivity index is 1.64. The molecule has 172 valence electrons. The number of nitrogens with one attached hydrogen (secondary N) is 1. The molecule has 1 aromatic carbocycles. The maximum atomic E-state index is 12.3. The quantitative estimate of drug-likeness (QED) is 0.377. The Morgan fingerprint density at radius 3 is 2.56 bits per heavy atom. The molecule has 1 fully saturated rings. The SMILES string of the molecule is Cn1c(O)c(C=NCCCN(C(=S)Nc2ccccc2)C2CCCCC2)c(=O)n(C)c1=O. The summed E-state index contributed by atoms with van der Waals surface area (Å²) in [7, 11) is 2.79. The second kappa shape index (κ2) is 11.1. The molecule has 32 heavy (non-hydrogen) atoms. The van der Waals surface area contributed by atoms with E-state index in [-0.39, 0.29) is 11.4 Å². The van der Waals surface area contributed by atoms with E-state index in [1.54, 1.807) is 0 Å². The third kappa shape index (κ3) is 5.64. The van der Waals surface area contributed by atoms with Crippen molar-refractivity contribution in [3.63, 3.8) is 0 Å². The lowest BCUT2D eigenvalue weighted by molar-refractivity contribution is 0.245. The molecule has 0 atom stereocenters. The highest BCUT2D eigenvalue weighted by atomic mass is 32.1. The molecule has 9 heteroatoms. The maximum absolute atomic E-state index is 12.3. The Labute approximate surface area is 193 Å². The van der Waals surface area contributed by atoms with Gasteiger partial charge in [0.05, 0.1) is 0 Å². The third-order valence-corrected chi connectivity index (χ3v) is 6.21. The van der Waals surface area contributed by atoms with Crippen LogP contribution < -0.4 is 16.6 Å². The normalized spacial score (nSPS) is 14.6. The van der Waals surface area contributed by atoms with Crippen molar-refractivity contribution in [3.05, 3.63) is 56.7 Å². The Kier molecular flexibility index (Phi) is 8.21. The van der Waals surface area contributed by atoms with E-state index in [0.717, 1.165) is 45.7 Å². The van der Waals surface area contributed by atoms with Gasteiger partial charge < -0.3 is 15.3 Å². The van der Waals surface area contributed by atoms with Gasteiger partial charge in [-0.3, -0.25) is 18.9 Å². The number of anilines is 1. The number of nitrogens with zero attached hydrogens (tertiary/aromatic N) is 4. The summed E-state index contributed by atoms with van der Waals surface area (Å²) in [4.78, 5) is 30.7. The molecule has 1 saturated carbocycles. The highest BCUT2D eigenvalue weighted by Gasteiger charge is 2.23. The first-order chi connectivity index (χ1) is 15.4. The monoisotopic (exact) mass is 457 g/mol. The summed E-state index contributed by atoms with van der Waals surface area (Å²) in [6.07, 6.45) is 8.04. The van der Waals surface area contributed by atoms with Crippen molar-refractivity contribution in [2.75, 3.05) is 18.4 Å². The molecule has 1 aliphatic carbocycles. The molecule has 0 radical (unpaired) electrons. The summed E-state index contributed by atoms with van der Waals surface area (Å²) in [6, 6.07) is 10.3. The molecule has 1 heterocycles. The highest BCUT2D eigenvalue weighted by Crippen LogP contribution is 2.24. The van der Waals surface area contributed by atoms with Crippen LogP contribution in [-0.4, -0.2) is 49.6 Å².